The zero-order chi connectivity index (χ0) is 43.2. The summed E-state index contributed by atoms with van der Waals surface area (Å²) >= 11 is 6.42. The zero-order valence-corrected chi connectivity index (χ0v) is 34.8. The summed E-state index contributed by atoms with van der Waals surface area (Å²) in [4.78, 5) is 64.5. The number of benzene rings is 4. The van der Waals surface area contributed by atoms with Crippen molar-refractivity contribution >= 4 is 69.7 Å². The Bertz CT molecular complexity index is 2460. The van der Waals surface area contributed by atoms with Crippen LogP contribution in [-0.2, 0) is 20.8 Å². The minimum atomic E-state index is -0.674. The summed E-state index contributed by atoms with van der Waals surface area (Å²) in [5, 5.41) is 12.2. The first kappa shape index (κ1) is 42.1. The summed E-state index contributed by atoms with van der Waals surface area (Å²) in [5.41, 5.74) is 11.0. The second-order valence-corrected chi connectivity index (χ2v) is 16.3. The number of anilines is 6. The maximum Gasteiger partial charge on any atom is 0.249 e. The molecule has 1 unspecified atom stereocenters. The first-order valence-corrected chi connectivity index (χ1v) is 21.2. The molecule has 0 radical (unpaired) electrons. The van der Waals surface area contributed by atoms with E-state index in [1.807, 2.05) is 41.3 Å². The van der Waals surface area contributed by atoms with Gasteiger partial charge in [-0.05, 0) is 90.9 Å². The van der Waals surface area contributed by atoms with Crippen molar-refractivity contribution in [1.29, 1.82) is 0 Å². The predicted molar refractivity (Wildman–Crippen MR) is 238 cm³/mol. The summed E-state index contributed by atoms with van der Waals surface area (Å²) in [6, 6.07) is 27.0. The van der Waals surface area contributed by atoms with E-state index in [9.17, 15) is 23.6 Å². The minimum absolute atomic E-state index is 0.0757. The third-order valence-corrected chi connectivity index (χ3v) is 12.0. The molecule has 3 fully saturated rings. The van der Waals surface area contributed by atoms with Crippen molar-refractivity contribution in [1.82, 2.24) is 25.1 Å². The average Bonchev–Trinajstić information content (AvgIpc) is 3.27. The van der Waals surface area contributed by atoms with Gasteiger partial charge in [-0.25, -0.2) is 9.37 Å². The molecule has 0 aliphatic carbocycles. The molecule has 8 rings (SSSR count). The van der Waals surface area contributed by atoms with Crippen LogP contribution in [0.15, 0.2) is 97.2 Å². The highest BCUT2D eigenvalue weighted by atomic mass is 35.5. The third-order valence-electron chi connectivity index (χ3n) is 11.7. The van der Waals surface area contributed by atoms with Gasteiger partial charge in [0.2, 0.25) is 29.6 Å². The Morgan fingerprint density at radius 2 is 1.58 bits per heavy atom. The fourth-order valence-electron chi connectivity index (χ4n) is 8.26. The lowest BCUT2D eigenvalue weighted by Crippen LogP contribution is -2.50. The number of amides is 4. The molecule has 3 aliphatic rings. The molecule has 3 saturated heterocycles. The van der Waals surface area contributed by atoms with Crippen LogP contribution in [0.2, 0.25) is 5.02 Å². The molecule has 0 bridgehead atoms. The zero-order valence-electron chi connectivity index (χ0n) is 34.1. The van der Waals surface area contributed by atoms with Gasteiger partial charge in [-0.3, -0.25) is 29.4 Å². The number of rotatable bonds is 13. The minimum Gasteiger partial charge on any atom is -0.374 e. The number of nitrogens with one attached hydrogen (secondary N) is 4. The molecular formula is C46H48ClFN10O4. The van der Waals surface area contributed by atoms with Crippen LogP contribution < -0.4 is 31.9 Å². The highest BCUT2D eigenvalue weighted by Crippen LogP contribution is 2.34. The van der Waals surface area contributed by atoms with E-state index in [2.05, 4.69) is 53.2 Å². The van der Waals surface area contributed by atoms with E-state index >= 15 is 0 Å². The lowest BCUT2D eigenvalue weighted by Gasteiger charge is -2.39. The Hall–Kier alpha value is -6.58. The third kappa shape index (κ3) is 10.3. The van der Waals surface area contributed by atoms with Gasteiger partial charge in [-0.15, -0.1) is 0 Å². The highest BCUT2D eigenvalue weighted by molar-refractivity contribution is 6.33. The molecule has 320 valence electrons. The fraction of sp³-hybridized carbons (Fsp3) is 0.304. The largest absolute Gasteiger partial charge is 0.374 e. The number of primary amides is 1. The first-order chi connectivity index (χ1) is 30.0. The number of nitrogens with two attached hydrogens (primary N) is 1. The Morgan fingerprint density at radius 3 is 2.32 bits per heavy atom. The number of carbonyl (C=O) groups excluding carboxylic acids is 4. The SMILES string of the molecule is NC(=O)c1ccc(Nc2nc(Nc3ccc(CC(=O)N4CCN(CC5CCN(c6cccc(NC7CCC(=O)NC7=O)c6)CC5)CC4)cc3)ncc2F)cc1-c1ccccc1Cl. The van der Waals surface area contributed by atoms with Gasteiger partial charge >= 0.3 is 0 Å². The number of hydrogen-bond acceptors (Lipinski definition) is 11. The van der Waals surface area contributed by atoms with Crippen LogP contribution in [0.5, 0.6) is 0 Å². The molecular weight excluding hydrogens is 811 g/mol. The van der Waals surface area contributed by atoms with E-state index in [0.29, 0.717) is 59.4 Å². The summed E-state index contributed by atoms with van der Waals surface area (Å²) in [5.74, 6) is -1.03. The Morgan fingerprint density at radius 1 is 0.823 bits per heavy atom. The number of carbonyl (C=O) groups is 4. The van der Waals surface area contributed by atoms with Crippen LogP contribution in [0.25, 0.3) is 11.1 Å². The van der Waals surface area contributed by atoms with Crippen molar-refractivity contribution in [2.45, 2.75) is 38.1 Å². The maximum absolute atomic E-state index is 14.9. The highest BCUT2D eigenvalue weighted by Gasteiger charge is 2.28. The van der Waals surface area contributed by atoms with Gasteiger partial charge in [-0.1, -0.05) is 48.0 Å². The van der Waals surface area contributed by atoms with Crippen LogP contribution in [0.4, 0.5) is 38.9 Å². The molecule has 0 spiro atoms. The molecule has 14 nitrogen and oxygen atoms in total. The lowest BCUT2D eigenvalue weighted by molar-refractivity contribution is -0.134. The molecule has 5 aromatic rings. The number of piperidine rings is 2. The normalized spacial score (nSPS) is 17.4. The molecule has 4 aromatic carbocycles. The number of hydrogen-bond donors (Lipinski definition) is 5. The van der Waals surface area contributed by atoms with E-state index in [1.165, 1.54) is 0 Å². The average molecular weight is 859 g/mol. The molecule has 1 aromatic heterocycles. The van der Waals surface area contributed by atoms with Gasteiger partial charge in [0.1, 0.15) is 6.04 Å². The Balaban J connectivity index is 0.783. The summed E-state index contributed by atoms with van der Waals surface area (Å²) in [6.45, 7) is 6.01. The standard InChI is InChI=1S/C46H48ClFN10O4/c47-38-7-2-1-6-35(38)37-26-33(12-13-36(37)43(49)61)52-44-39(48)27-50-46(55-44)53-31-10-8-29(9-11-31)24-42(60)58-22-20-56(21-23-58)28-30-16-18-57(19-17-30)34-5-3-4-32(25-34)51-40-14-15-41(59)54-45(40)62/h1-13,25-27,30,40,51H,14-24,28H2,(H2,49,61)(H,54,59,62)(H2,50,52,53,55). The summed E-state index contributed by atoms with van der Waals surface area (Å²) in [7, 11) is 0. The molecule has 4 heterocycles. The Labute approximate surface area is 364 Å². The van der Waals surface area contributed by atoms with Gasteiger partial charge in [-0.2, -0.15) is 4.98 Å². The van der Waals surface area contributed by atoms with Crippen LogP contribution in [-0.4, -0.2) is 95.3 Å². The lowest BCUT2D eigenvalue weighted by atomic mass is 9.95. The summed E-state index contributed by atoms with van der Waals surface area (Å²) < 4.78 is 14.9. The van der Waals surface area contributed by atoms with Crippen molar-refractivity contribution in [3.8, 4) is 11.1 Å². The van der Waals surface area contributed by atoms with E-state index in [0.717, 1.165) is 68.7 Å². The van der Waals surface area contributed by atoms with Gasteiger partial charge in [0, 0.05) is 91.1 Å². The van der Waals surface area contributed by atoms with E-state index in [-0.39, 0.29) is 41.5 Å². The summed E-state index contributed by atoms with van der Waals surface area (Å²) in [6.07, 6.45) is 4.35. The van der Waals surface area contributed by atoms with E-state index in [1.54, 1.807) is 42.5 Å². The number of nitrogens with zero attached hydrogens (tertiary/aromatic N) is 5. The van der Waals surface area contributed by atoms with Crippen molar-refractivity contribution in [2.24, 2.45) is 11.7 Å². The molecule has 4 amide bonds. The van der Waals surface area contributed by atoms with Gasteiger partial charge in [0.15, 0.2) is 11.6 Å². The Kier molecular flexibility index (Phi) is 12.9. The van der Waals surface area contributed by atoms with Crippen LogP contribution in [0.3, 0.4) is 0 Å². The van der Waals surface area contributed by atoms with Gasteiger partial charge < -0.3 is 31.5 Å². The number of aromatic nitrogens is 2. The van der Waals surface area contributed by atoms with Crippen LogP contribution >= 0.6 is 11.6 Å². The molecule has 0 saturated carbocycles. The second kappa shape index (κ2) is 19.0. The van der Waals surface area contributed by atoms with Crippen LogP contribution in [0, 0.1) is 11.7 Å². The monoisotopic (exact) mass is 858 g/mol. The van der Waals surface area contributed by atoms with E-state index in [4.69, 9.17) is 17.3 Å². The van der Waals surface area contributed by atoms with E-state index < -0.39 is 17.8 Å². The smallest absolute Gasteiger partial charge is 0.249 e. The van der Waals surface area contributed by atoms with Crippen molar-refractivity contribution in [3.05, 3.63) is 119 Å². The maximum atomic E-state index is 14.9. The van der Waals surface area contributed by atoms with Crippen molar-refractivity contribution in [3.63, 3.8) is 0 Å². The van der Waals surface area contributed by atoms with Crippen molar-refractivity contribution in [2.75, 3.05) is 66.7 Å². The number of halogens is 2. The number of imide groups is 1. The first-order valence-electron chi connectivity index (χ1n) is 20.8. The molecule has 62 heavy (non-hydrogen) atoms. The van der Waals surface area contributed by atoms with Gasteiger partial charge in [0.25, 0.3) is 0 Å². The van der Waals surface area contributed by atoms with Gasteiger partial charge in [0.05, 0.1) is 12.6 Å². The topological polar surface area (TPSA) is 178 Å². The molecule has 6 N–H and O–H groups in total. The molecule has 1 atom stereocenters. The van der Waals surface area contributed by atoms with Crippen molar-refractivity contribution < 1.29 is 23.6 Å². The van der Waals surface area contributed by atoms with Crippen LogP contribution in [0.1, 0.15) is 41.6 Å². The second-order valence-electron chi connectivity index (χ2n) is 15.9. The quantitative estimate of drug-likeness (QED) is 0.0835. The fourth-order valence-corrected chi connectivity index (χ4v) is 8.49. The number of piperazine rings is 1. The molecule has 16 heteroatoms. The predicted octanol–water partition coefficient (Wildman–Crippen LogP) is 6.34. The molecule has 3 aliphatic heterocycles.